The van der Waals surface area contributed by atoms with Crippen molar-refractivity contribution < 1.29 is 13.2 Å². The average molecular weight is 463 g/mol. The van der Waals surface area contributed by atoms with Crippen molar-refractivity contribution >= 4 is 32.7 Å². The Morgan fingerprint density at radius 1 is 1.10 bits per heavy atom. The van der Waals surface area contributed by atoms with E-state index in [0.29, 0.717) is 35.0 Å². The molecule has 168 valence electrons. The summed E-state index contributed by atoms with van der Waals surface area (Å²) in [5.41, 5.74) is 3.82. The number of aromatic nitrogens is 2. The van der Waals surface area contributed by atoms with Crippen LogP contribution in [0.1, 0.15) is 63.6 Å². The molecule has 0 aliphatic heterocycles. The second-order valence-electron chi connectivity index (χ2n) is 8.67. The van der Waals surface area contributed by atoms with Crippen LogP contribution in [-0.2, 0) is 22.9 Å². The summed E-state index contributed by atoms with van der Waals surface area (Å²) >= 11 is 6.40. The van der Waals surface area contributed by atoms with Crippen molar-refractivity contribution in [2.75, 3.05) is 7.11 Å². The van der Waals surface area contributed by atoms with Crippen LogP contribution in [0, 0.1) is 5.92 Å². The van der Waals surface area contributed by atoms with E-state index in [2.05, 4.69) is 39.6 Å². The molecule has 1 heterocycles. The maximum atomic E-state index is 13.8. The van der Waals surface area contributed by atoms with Gasteiger partial charge in [0.2, 0.25) is 5.28 Å². The lowest BCUT2D eigenvalue weighted by Crippen LogP contribution is -2.16. The van der Waals surface area contributed by atoms with Crippen LogP contribution in [0.4, 0.5) is 0 Å². The Hall–Kier alpha value is -2.05. The van der Waals surface area contributed by atoms with E-state index in [1.165, 1.54) is 0 Å². The van der Waals surface area contributed by atoms with Crippen molar-refractivity contribution in [2.24, 2.45) is 5.92 Å². The van der Waals surface area contributed by atoms with E-state index in [9.17, 15) is 8.42 Å². The van der Waals surface area contributed by atoms with Crippen LogP contribution in [0.25, 0.3) is 11.0 Å². The Kier molecular flexibility index (Phi) is 7.01. The minimum atomic E-state index is -3.94. The Morgan fingerprint density at radius 3 is 2.39 bits per heavy atom. The minimum Gasteiger partial charge on any atom is -0.496 e. The summed E-state index contributed by atoms with van der Waals surface area (Å²) in [7, 11) is -2.34. The maximum Gasteiger partial charge on any atom is 0.270 e. The fourth-order valence-electron chi connectivity index (χ4n) is 3.89. The van der Waals surface area contributed by atoms with Gasteiger partial charge in [-0.3, -0.25) is 0 Å². The first-order valence-corrected chi connectivity index (χ1v) is 12.5. The van der Waals surface area contributed by atoms with Crippen LogP contribution in [0.2, 0.25) is 5.28 Å². The van der Waals surface area contributed by atoms with Crippen molar-refractivity contribution in [3.8, 4) is 5.75 Å². The molecular formula is C24H31ClN2O3S. The molecule has 1 aromatic heterocycles. The highest BCUT2D eigenvalue weighted by molar-refractivity contribution is 7.90. The molecule has 0 aliphatic rings. The number of ether oxygens (including phenoxy) is 1. The SMILES string of the molecule is CCCc1cc2c(cc1OC)nc(Cl)n2S(=O)(=O)c1ccc(C(C)C)cc1CC(C)C. The molecule has 3 aromatic rings. The third-order valence-electron chi connectivity index (χ3n) is 5.39. The summed E-state index contributed by atoms with van der Waals surface area (Å²) in [5, 5.41) is -0.0749. The summed E-state index contributed by atoms with van der Waals surface area (Å²) in [5.74, 6) is 1.31. The number of halogens is 1. The van der Waals surface area contributed by atoms with Crippen LogP contribution in [-0.4, -0.2) is 24.5 Å². The molecule has 0 aliphatic carbocycles. The number of benzene rings is 2. The zero-order valence-corrected chi connectivity index (χ0v) is 20.6. The lowest BCUT2D eigenvalue weighted by molar-refractivity contribution is 0.410. The summed E-state index contributed by atoms with van der Waals surface area (Å²) in [4.78, 5) is 4.60. The number of rotatable bonds is 8. The van der Waals surface area contributed by atoms with Gasteiger partial charge in [0.05, 0.1) is 23.0 Å². The zero-order valence-electron chi connectivity index (χ0n) is 19.1. The summed E-state index contributed by atoms with van der Waals surface area (Å²) in [6.45, 7) is 10.4. The number of methoxy groups -OCH3 is 1. The van der Waals surface area contributed by atoms with Crippen LogP contribution >= 0.6 is 11.6 Å². The number of fused-ring (bicyclic) bond motifs is 1. The van der Waals surface area contributed by atoms with Gasteiger partial charge in [0.15, 0.2) is 0 Å². The fourth-order valence-corrected chi connectivity index (χ4v) is 5.90. The molecule has 0 amide bonds. The first-order valence-electron chi connectivity index (χ1n) is 10.7. The van der Waals surface area contributed by atoms with Crippen molar-refractivity contribution in [1.82, 2.24) is 8.96 Å². The molecule has 0 N–H and O–H groups in total. The highest BCUT2D eigenvalue weighted by Crippen LogP contribution is 2.33. The van der Waals surface area contributed by atoms with Gasteiger partial charge < -0.3 is 4.74 Å². The van der Waals surface area contributed by atoms with Gasteiger partial charge in [-0.05, 0) is 65.1 Å². The van der Waals surface area contributed by atoms with Crippen molar-refractivity contribution in [2.45, 2.75) is 64.7 Å². The molecule has 0 bridgehead atoms. The Balaban J connectivity index is 2.27. The summed E-state index contributed by atoms with van der Waals surface area (Å²) in [6, 6.07) is 9.20. The Labute approximate surface area is 190 Å². The third-order valence-corrected chi connectivity index (χ3v) is 7.55. The molecule has 0 spiro atoms. The van der Waals surface area contributed by atoms with E-state index in [1.807, 2.05) is 18.2 Å². The maximum absolute atomic E-state index is 13.8. The highest BCUT2D eigenvalue weighted by atomic mass is 35.5. The first-order chi connectivity index (χ1) is 14.6. The van der Waals surface area contributed by atoms with Crippen molar-refractivity contribution in [1.29, 1.82) is 0 Å². The molecule has 5 nitrogen and oxygen atoms in total. The second-order valence-corrected chi connectivity index (χ2v) is 10.8. The Bertz CT molecular complexity index is 1200. The molecule has 0 unspecified atom stereocenters. The molecule has 7 heteroatoms. The van der Waals surface area contributed by atoms with Gasteiger partial charge in [-0.15, -0.1) is 0 Å². The van der Waals surface area contributed by atoms with Crippen molar-refractivity contribution in [3.63, 3.8) is 0 Å². The van der Waals surface area contributed by atoms with Gasteiger partial charge in [0.25, 0.3) is 10.0 Å². The van der Waals surface area contributed by atoms with Gasteiger partial charge in [-0.25, -0.2) is 17.4 Å². The molecule has 0 atom stereocenters. The molecule has 0 radical (unpaired) electrons. The number of hydrogen-bond donors (Lipinski definition) is 0. The lowest BCUT2D eigenvalue weighted by Gasteiger charge is -2.17. The quantitative estimate of drug-likeness (QED) is 0.399. The standard InChI is InChI=1S/C24H31ClN2O3S/c1-7-8-18-13-21-20(14-22(18)30-6)26-24(25)27(21)31(28,29)23-10-9-17(16(4)5)12-19(23)11-15(2)3/h9-10,12-16H,7-8,11H2,1-6H3. The summed E-state index contributed by atoms with van der Waals surface area (Å²) in [6.07, 6.45) is 2.34. The molecule has 0 saturated carbocycles. The highest BCUT2D eigenvalue weighted by Gasteiger charge is 2.27. The molecule has 3 rings (SSSR count). The molecule has 0 saturated heterocycles. The van der Waals surface area contributed by atoms with Crippen LogP contribution in [0.5, 0.6) is 5.75 Å². The van der Waals surface area contributed by atoms with Crippen molar-refractivity contribution in [3.05, 3.63) is 52.3 Å². The van der Waals surface area contributed by atoms with Gasteiger partial charge in [-0.1, -0.05) is 53.2 Å². The lowest BCUT2D eigenvalue weighted by atomic mass is 9.96. The molecule has 0 fully saturated rings. The molecule has 2 aromatic carbocycles. The number of imidazole rings is 1. The van der Waals surface area contributed by atoms with E-state index >= 15 is 0 Å². The number of nitrogens with zero attached hydrogens (tertiary/aromatic N) is 2. The minimum absolute atomic E-state index is 0.0749. The predicted octanol–water partition coefficient (Wildman–Crippen LogP) is 6.21. The third kappa shape index (κ3) is 4.60. The largest absolute Gasteiger partial charge is 0.496 e. The van der Waals surface area contributed by atoms with E-state index in [1.54, 1.807) is 19.2 Å². The van der Waals surface area contributed by atoms with Crippen LogP contribution in [0.3, 0.4) is 0 Å². The normalized spacial score (nSPS) is 12.3. The zero-order chi connectivity index (χ0) is 22.9. The van der Waals surface area contributed by atoms with Gasteiger partial charge in [0, 0.05) is 6.07 Å². The van der Waals surface area contributed by atoms with E-state index in [0.717, 1.165) is 33.5 Å². The smallest absolute Gasteiger partial charge is 0.270 e. The Morgan fingerprint density at radius 2 is 1.81 bits per heavy atom. The number of hydrogen-bond acceptors (Lipinski definition) is 4. The van der Waals surface area contributed by atoms with E-state index in [4.69, 9.17) is 16.3 Å². The monoisotopic (exact) mass is 462 g/mol. The van der Waals surface area contributed by atoms with Gasteiger partial charge in [0.1, 0.15) is 5.75 Å². The van der Waals surface area contributed by atoms with Gasteiger partial charge >= 0.3 is 0 Å². The second kappa shape index (κ2) is 9.21. The average Bonchev–Trinajstić information content (AvgIpc) is 3.02. The molecular weight excluding hydrogens is 432 g/mol. The van der Waals surface area contributed by atoms with Gasteiger partial charge in [-0.2, -0.15) is 0 Å². The van der Waals surface area contributed by atoms with Crippen LogP contribution in [0.15, 0.2) is 35.2 Å². The molecule has 31 heavy (non-hydrogen) atoms. The number of aryl methyl sites for hydroxylation is 1. The van der Waals surface area contributed by atoms with Crippen LogP contribution < -0.4 is 4.74 Å². The van der Waals surface area contributed by atoms with E-state index < -0.39 is 10.0 Å². The first kappa shape index (κ1) is 23.6. The predicted molar refractivity (Wildman–Crippen MR) is 127 cm³/mol. The fraction of sp³-hybridized carbons (Fsp3) is 0.458. The topological polar surface area (TPSA) is 61.2 Å². The van der Waals surface area contributed by atoms with E-state index in [-0.39, 0.29) is 10.2 Å². The summed E-state index contributed by atoms with van der Waals surface area (Å²) < 4.78 is 34.3.